The number of ether oxygens (including phenoxy) is 1. The molecule has 2 heteroatoms. The standard InChI is InChI=1S/C25H46O2/c1-6-16-25(4)19-20(7-2)22-14-8-9-17-24(22,3)18-11-13-21(25)12-10-15-23(26)27-5/h20-22H,6-19H2,1-5H3/t20-,21?,22?,24?,25?/m0/s1. The zero-order chi connectivity index (χ0) is 19.9. The van der Waals surface area contributed by atoms with Gasteiger partial charge in [-0.3, -0.25) is 4.79 Å². The molecule has 5 atom stereocenters. The van der Waals surface area contributed by atoms with E-state index in [1.54, 1.807) is 0 Å². The lowest BCUT2D eigenvalue weighted by atomic mass is 9.58. The first-order chi connectivity index (χ1) is 12.9. The Bertz CT molecular complexity index is 459. The van der Waals surface area contributed by atoms with Crippen molar-refractivity contribution in [1.82, 2.24) is 0 Å². The molecule has 0 aromatic heterocycles. The molecule has 2 aliphatic rings. The number of rotatable bonds is 7. The summed E-state index contributed by atoms with van der Waals surface area (Å²) in [5.74, 6) is 2.54. The molecule has 0 aliphatic heterocycles. The minimum absolute atomic E-state index is 0.0415. The summed E-state index contributed by atoms with van der Waals surface area (Å²) < 4.78 is 4.88. The smallest absolute Gasteiger partial charge is 0.305 e. The second-order valence-electron chi connectivity index (χ2n) is 10.3. The van der Waals surface area contributed by atoms with Crippen LogP contribution in [0.5, 0.6) is 0 Å². The molecule has 2 nitrogen and oxygen atoms in total. The number of carbonyl (C=O) groups is 1. The monoisotopic (exact) mass is 378 g/mol. The van der Waals surface area contributed by atoms with Crippen molar-refractivity contribution in [3.05, 3.63) is 0 Å². The summed E-state index contributed by atoms with van der Waals surface area (Å²) in [5.41, 5.74) is 1.02. The van der Waals surface area contributed by atoms with Gasteiger partial charge in [0.2, 0.25) is 0 Å². The highest BCUT2D eigenvalue weighted by Gasteiger charge is 2.45. The minimum atomic E-state index is -0.0415. The van der Waals surface area contributed by atoms with Gasteiger partial charge in [-0.15, -0.1) is 0 Å². The summed E-state index contributed by atoms with van der Waals surface area (Å²) in [5, 5.41) is 0. The van der Waals surface area contributed by atoms with Gasteiger partial charge >= 0.3 is 5.97 Å². The summed E-state index contributed by atoms with van der Waals surface area (Å²) in [7, 11) is 1.51. The van der Waals surface area contributed by atoms with E-state index in [0.29, 0.717) is 17.3 Å². The van der Waals surface area contributed by atoms with Crippen molar-refractivity contribution in [2.45, 2.75) is 118 Å². The maximum Gasteiger partial charge on any atom is 0.305 e. The van der Waals surface area contributed by atoms with Gasteiger partial charge in [0.05, 0.1) is 7.11 Å². The molecule has 0 heterocycles. The predicted octanol–water partition coefficient (Wildman–Crippen LogP) is 7.55. The SMILES string of the molecule is CCCC1(C)C[C@H](CC)C2CCCCC2(C)CCCC1CCCC(=O)OC. The highest BCUT2D eigenvalue weighted by atomic mass is 16.5. The van der Waals surface area contributed by atoms with Crippen LogP contribution in [0.3, 0.4) is 0 Å². The molecule has 0 aromatic carbocycles. The van der Waals surface area contributed by atoms with Crippen LogP contribution in [0.4, 0.5) is 0 Å². The molecule has 2 fully saturated rings. The molecule has 2 rings (SSSR count). The fraction of sp³-hybridized carbons (Fsp3) is 0.960. The normalized spacial score (nSPS) is 37.6. The average Bonchev–Trinajstić information content (AvgIpc) is 2.69. The van der Waals surface area contributed by atoms with Crippen molar-refractivity contribution >= 4 is 5.97 Å². The fourth-order valence-electron chi connectivity index (χ4n) is 6.94. The largest absolute Gasteiger partial charge is 0.469 e. The molecule has 0 amide bonds. The van der Waals surface area contributed by atoms with Crippen LogP contribution in [0.15, 0.2) is 0 Å². The summed E-state index contributed by atoms with van der Waals surface area (Å²) >= 11 is 0. The summed E-state index contributed by atoms with van der Waals surface area (Å²) in [6.45, 7) is 10.0. The first-order valence-corrected chi connectivity index (χ1v) is 12.0. The zero-order valence-electron chi connectivity index (χ0n) is 18.9. The van der Waals surface area contributed by atoms with Gasteiger partial charge in [-0.1, -0.05) is 59.8 Å². The van der Waals surface area contributed by atoms with E-state index >= 15 is 0 Å². The molecule has 0 spiro atoms. The van der Waals surface area contributed by atoms with Gasteiger partial charge in [-0.2, -0.15) is 0 Å². The van der Waals surface area contributed by atoms with Gasteiger partial charge in [0, 0.05) is 6.42 Å². The highest BCUT2D eigenvalue weighted by Crippen LogP contribution is 2.55. The van der Waals surface area contributed by atoms with Gasteiger partial charge in [-0.25, -0.2) is 0 Å². The molecule has 0 bridgehead atoms. The van der Waals surface area contributed by atoms with E-state index in [4.69, 9.17) is 4.74 Å². The van der Waals surface area contributed by atoms with Crippen molar-refractivity contribution in [3.63, 3.8) is 0 Å². The lowest BCUT2D eigenvalue weighted by Gasteiger charge is -2.47. The molecule has 0 N–H and O–H groups in total. The Hall–Kier alpha value is -0.530. The van der Waals surface area contributed by atoms with E-state index in [2.05, 4.69) is 27.7 Å². The van der Waals surface area contributed by atoms with Crippen molar-refractivity contribution in [3.8, 4) is 0 Å². The number of esters is 1. The van der Waals surface area contributed by atoms with E-state index in [1.165, 1.54) is 84.2 Å². The molecule has 2 saturated carbocycles. The summed E-state index contributed by atoms with van der Waals surface area (Å²) in [6.07, 6.45) is 18.1. The number of hydrogen-bond donors (Lipinski definition) is 0. The van der Waals surface area contributed by atoms with Crippen molar-refractivity contribution in [2.24, 2.45) is 28.6 Å². The number of hydrogen-bond acceptors (Lipinski definition) is 2. The molecule has 27 heavy (non-hydrogen) atoms. The van der Waals surface area contributed by atoms with Gasteiger partial charge in [-0.05, 0) is 80.0 Å². The minimum Gasteiger partial charge on any atom is -0.469 e. The predicted molar refractivity (Wildman–Crippen MR) is 115 cm³/mol. The Balaban J connectivity index is 2.20. The first kappa shape index (κ1) is 22.8. The van der Waals surface area contributed by atoms with E-state index in [0.717, 1.165) is 24.2 Å². The van der Waals surface area contributed by atoms with Gasteiger partial charge in [0.15, 0.2) is 0 Å². The quantitative estimate of drug-likeness (QED) is 0.427. The second kappa shape index (κ2) is 10.3. The molecule has 0 radical (unpaired) electrons. The van der Waals surface area contributed by atoms with E-state index in [1.807, 2.05) is 0 Å². The van der Waals surface area contributed by atoms with Gasteiger partial charge < -0.3 is 4.74 Å². The van der Waals surface area contributed by atoms with Crippen molar-refractivity contribution < 1.29 is 9.53 Å². The number of fused-ring (bicyclic) bond motifs is 1. The van der Waals surface area contributed by atoms with Crippen LogP contribution in [-0.4, -0.2) is 13.1 Å². The van der Waals surface area contributed by atoms with Crippen molar-refractivity contribution in [1.29, 1.82) is 0 Å². The third-order valence-corrected chi connectivity index (χ3v) is 8.50. The Morgan fingerprint density at radius 1 is 1.07 bits per heavy atom. The van der Waals surface area contributed by atoms with E-state index < -0.39 is 0 Å². The molecular weight excluding hydrogens is 332 g/mol. The molecule has 0 saturated heterocycles. The van der Waals surface area contributed by atoms with Crippen LogP contribution < -0.4 is 0 Å². The average molecular weight is 379 g/mol. The molecule has 0 aromatic rings. The summed E-state index contributed by atoms with van der Waals surface area (Å²) in [6, 6.07) is 0. The third kappa shape index (κ3) is 5.73. The van der Waals surface area contributed by atoms with Crippen LogP contribution in [0.2, 0.25) is 0 Å². The lowest BCUT2D eigenvalue weighted by Crippen LogP contribution is -2.38. The zero-order valence-corrected chi connectivity index (χ0v) is 18.9. The maximum absolute atomic E-state index is 11.6. The van der Waals surface area contributed by atoms with Crippen LogP contribution >= 0.6 is 0 Å². The second-order valence-corrected chi connectivity index (χ2v) is 10.3. The van der Waals surface area contributed by atoms with Gasteiger partial charge in [0.25, 0.3) is 0 Å². The van der Waals surface area contributed by atoms with Crippen molar-refractivity contribution in [2.75, 3.05) is 7.11 Å². The number of carbonyl (C=O) groups excluding carboxylic acids is 1. The van der Waals surface area contributed by atoms with Gasteiger partial charge in [0.1, 0.15) is 0 Å². The lowest BCUT2D eigenvalue weighted by molar-refractivity contribution is -0.140. The number of methoxy groups -OCH3 is 1. The molecule has 2 aliphatic carbocycles. The van der Waals surface area contributed by atoms with E-state index in [-0.39, 0.29) is 5.97 Å². The summed E-state index contributed by atoms with van der Waals surface area (Å²) in [4.78, 5) is 11.6. The fourth-order valence-corrected chi connectivity index (χ4v) is 6.94. The Morgan fingerprint density at radius 3 is 2.48 bits per heavy atom. The molecule has 4 unspecified atom stereocenters. The van der Waals surface area contributed by atoms with Crippen LogP contribution in [-0.2, 0) is 9.53 Å². The third-order valence-electron chi connectivity index (χ3n) is 8.50. The first-order valence-electron chi connectivity index (χ1n) is 12.0. The van der Waals surface area contributed by atoms with Crippen LogP contribution in [0.1, 0.15) is 118 Å². The van der Waals surface area contributed by atoms with Crippen LogP contribution in [0, 0.1) is 28.6 Å². The highest BCUT2D eigenvalue weighted by molar-refractivity contribution is 5.68. The molecule has 158 valence electrons. The maximum atomic E-state index is 11.6. The van der Waals surface area contributed by atoms with E-state index in [9.17, 15) is 4.79 Å². The Morgan fingerprint density at radius 2 is 1.81 bits per heavy atom. The molecular formula is C25H46O2. The van der Waals surface area contributed by atoms with Crippen LogP contribution in [0.25, 0.3) is 0 Å². The Labute approximate surface area is 169 Å². The Kier molecular flexibility index (Phi) is 8.69. The topological polar surface area (TPSA) is 26.3 Å².